The molecule has 2 N–H and O–H groups in total. The lowest BCUT2D eigenvalue weighted by Crippen LogP contribution is -2.45. The Morgan fingerprint density at radius 3 is 1.25 bits per heavy atom. The number of quaternary nitrogens is 1. The van der Waals surface area contributed by atoms with Crippen molar-refractivity contribution in [3.8, 4) is 0 Å². The summed E-state index contributed by atoms with van der Waals surface area (Å²) >= 11 is 0. The SMILES string of the molecule is CC/C=C\C/C=C\C/C=C\C/C=C\CCCCCCCCCCCCCCCCCCCCC(=O)NC(COP(=O)([O-])OCC[N+](C)(C)C)C(O)/C=C/CCCCCCCCCCCCCCCCCC. The molecule has 0 aliphatic rings. The molecular formula is C62H117N2O6P. The first-order chi connectivity index (χ1) is 34.5. The van der Waals surface area contributed by atoms with Crippen molar-refractivity contribution in [1.29, 1.82) is 0 Å². The minimum atomic E-state index is -4.60. The van der Waals surface area contributed by atoms with Crippen LogP contribution in [0.2, 0.25) is 0 Å². The lowest BCUT2D eigenvalue weighted by molar-refractivity contribution is -0.870. The molecule has 0 aliphatic heterocycles. The second-order valence-electron chi connectivity index (χ2n) is 21.7. The van der Waals surface area contributed by atoms with E-state index in [0.717, 1.165) is 64.2 Å². The normalized spacial score (nSPS) is 14.3. The van der Waals surface area contributed by atoms with E-state index < -0.39 is 20.0 Å². The molecule has 0 rings (SSSR count). The number of unbranched alkanes of at least 4 members (excludes halogenated alkanes) is 34. The summed E-state index contributed by atoms with van der Waals surface area (Å²) in [7, 11) is 1.27. The van der Waals surface area contributed by atoms with Gasteiger partial charge in [-0.05, 0) is 57.8 Å². The highest BCUT2D eigenvalue weighted by Crippen LogP contribution is 2.38. The van der Waals surface area contributed by atoms with E-state index in [4.69, 9.17) is 9.05 Å². The van der Waals surface area contributed by atoms with Crippen LogP contribution in [0.3, 0.4) is 0 Å². The molecule has 9 heteroatoms. The predicted molar refractivity (Wildman–Crippen MR) is 307 cm³/mol. The first-order valence-electron chi connectivity index (χ1n) is 30.2. The summed E-state index contributed by atoms with van der Waals surface area (Å²) in [4.78, 5) is 25.5. The van der Waals surface area contributed by atoms with Crippen molar-refractivity contribution in [2.24, 2.45) is 0 Å². The average molecular weight is 1020 g/mol. The summed E-state index contributed by atoms with van der Waals surface area (Å²) in [5.41, 5.74) is 0. The Morgan fingerprint density at radius 2 is 0.859 bits per heavy atom. The molecule has 0 heterocycles. The summed E-state index contributed by atoms with van der Waals surface area (Å²) < 4.78 is 23.4. The van der Waals surface area contributed by atoms with Crippen LogP contribution < -0.4 is 10.2 Å². The maximum atomic E-state index is 13.0. The molecule has 0 radical (unpaired) electrons. The van der Waals surface area contributed by atoms with Crippen molar-refractivity contribution in [2.75, 3.05) is 40.9 Å². The number of phosphoric acid groups is 1. The van der Waals surface area contributed by atoms with Gasteiger partial charge in [-0.15, -0.1) is 0 Å². The Kier molecular flexibility index (Phi) is 51.7. The topological polar surface area (TPSA) is 108 Å². The second kappa shape index (κ2) is 53.0. The van der Waals surface area contributed by atoms with Gasteiger partial charge in [0, 0.05) is 6.42 Å². The Bertz CT molecular complexity index is 1340. The van der Waals surface area contributed by atoms with Gasteiger partial charge in [0.25, 0.3) is 7.82 Å². The van der Waals surface area contributed by atoms with Crippen molar-refractivity contribution in [2.45, 2.75) is 289 Å². The van der Waals surface area contributed by atoms with Crippen molar-refractivity contribution in [3.63, 3.8) is 0 Å². The number of likely N-dealkylation sites (N-methyl/N-ethyl adjacent to an activating group) is 1. The molecule has 1 amide bonds. The quantitative estimate of drug-likeness (QED) is 0.0272. The molecule has 0 aromatic rings. The molecule has 0 fully saturated rings. The number of nitrogens with zero attached hydrogens (tertiary/aromatic N) is 1. The van der Waals surface area contributed by atoms with E-state index in [2.05, 4.69) is 67.8 Å². The maximum Gasteiger partial charge on any atom is 0.268 e. The van der Waals surface area contributed by atoms with Gasteiger partial charge in [-0.25, -0.2) is 0 Å². The van der Waals surface area contributed by atoms with Gasteiger partial charge in [-0.3, -0.25) is 9.36 Å². The van der Waals surface area contributed by atoms with Crippen molar-refractivity contribution < 1.29 is 32.9 Å². The van der Waals surface area contributed by atoms with Crippen LogP contribution in [0, 0.1) is 0 Å². The number of aliphatic hydroxyl groups excluding tert-OH is 1. The summed E-state index contributed by atoms with van der Waals surface area (Å²) in [5, 5.41) is 13.9. The Hall–Kier alpha value is -1.80. The van der Waals surface area contributed by atoms with Crippen molar-refractivity contribution in [1.82, 2.24) is 5.32 Å². The van der Waals surface area contributed by atoms with Crippen LogP contribution in [0.15, 0.2) is 60.8 Å². The maximum absolute atomic E-state index is 13.0. The fourth-order valence-corrected chi connectivity index (χ4v) is 9.52. The standard InChI is InChI=1S/C62H117N2O6P/c1-6-8-10-12-14-16-18-20-22-24-26-27-28-29-30-31-32-33-34-35-36-37-38-40-42-44-46-48-50-52-54-56-62(66)63-60(59-70-71(67,68)69-58-57-64(3,4)5)61(65)55-53-51-49-47-45-43-41-39-25-23-21-19-17-15-13-11-9-7-2/h8,10,14,16,20,22,26-27,53,55,60-61,65H,6-7,9,11-13,15,17-19,21,23-25,28-52,54,56-59H2,1-5H3,(H-,63,66,67,68)/b10-8-,16-14-,22-20-,27-26-,55-53+. The monoisotopic (exact) mass is 1020 g/mol. The number of phosphoric ester groups is 1. The molecule has 0 spiro atoms. The Labute approximate surface area is 441 Å². The van der Waals surface area contributed by atoms with E-state index in [-0.39, 0.29) is 19.1 Å². The van der Waals surface area contributed by atoms with Gasteiger partial charge in [0.15, 0.2) is 0 Å². The van der Waals surface area contributed by atoms with E-state index in [1.165, 1.54) is 193 Å². The number of rotatable bonds is 55. The third-order valence-corrected chi connectivity index (χ3v) is 14.4. The fraction of sp³-hybridized carbons (Fsp3) is 0.823. The van der Waals surface area contributed by atoms with E-state index >= 15 is 0 Å². The van der Waals surface area contributed by atoms with Gasteiger partial charge >= 0.3 is 0 Å². The molecule has 0 saturated carbocycles. The number of hydrogen-bond acceptors (Lipinski definition) is 6. The highest BCUT2D eigenvalue weighted by Gasteiger charge is 2.23. The molecule has 0 aliphatic carbocycles. The first kappa shape index (κ1) is 69.2. The number of allylic oxidation sites excluding steroid dienone is 9. The van der Waals surface area contributed by atoms with E-state index in [9.17, 15) is 19.4 Å². The molecule has 0 aromatic heterocycles. The van der Waals surface area contributed by atoms with Crippen LogP contribution in [0.4, 0.5) is 0 Å². The second-order valence-corrected chi connectivity index (χ2v) is 23.1. The van der Waals surface area contributed by atoms with Crippen molar-refractivity contribution in [3.05, 3.63) is 60.8 Å². The molecular weight excluding hydrogens is 900 g/mol. The van der Waals surface area contributed by atoms with Crippen LogP contribution >= 0.6 is 7.82 Å². The number of carbonyl (C=O) groups excluding carboxylic acids is 1. The highest BCUT2D eigenvalue weighted by molar-refractivity contribution is 7.45. The Morgan fingerprint density at radius 1 is 0.507 bits per heavy atom. The predicted octanol–water partition coefficient (Wildman–Crippen LogP) is 17.9. The van der Waals surface area contributed by atoms with E-state index in [0.29, 0.717) is 17.4 Å². The van der Waals surface area contributed by atoms with Crippen LogP contribution in [0.5, 0.6) is 0 Å². The summed E-state index contributed by atoms with van der Waals surface area (Å²) in [5.74, 6) is -0.195. The fourth-order valence-electron chi connectivity index (χ4n) is 8.79. The molecule has 71 heavy (non-hydrogen) atoms. The van der Waals surface area contributed by atoms with Gasteiger partial charge in [-0.2, -0.15) is 0 Å². The van der Waals surface area contributed by atoms with E-state index in [1.54, 1.807) is 6.08 Å². The zero-order valence-corrected chi connectivity index (χ0v) is 48.3. The average Bonchev–Trinajstić information content (AvgIpc) is 3.33. The van der Waals surface area contributed by atoms with Crippen LogP contribution in [-0.4, -0.2) is 68.5 Å². The lowest BCUT2D eigenvalue weighted by Gasteiger charge is -2.29. The third kappa shape index (κ3) is 55.8. The van der Waals surface area contributed by atoms with Gasteiger partial charge in [-0.1, -0.05) is 274 Å². The number of amides is 1. The summed E-state index contributed by atoms with van der Waals surface area (Å²) in [6.07, 6.45) is 71.6. The molecule has 3 unspecified atom stereocenters. The molecule has 3 atom stereocenters. The smallest absolute Gasteiger partial charge is 0.268 e. The van der Waals surface area contributed by atoms with E-state index in [1.807, 2.05) is 27.2 Å². The van der Waals surface area contributed by atoms with Gasteiger partial charge in [0.05, 0.1) is 39.9 Å². The van der Waals surface area contributed by atoms with Gasteiger partial charge in [0.1, 0.15) is 13.2 Å². The van der Waals surface area contributed by atoms with Crippen LogP contribution in [0.25, 0.3) is 0 Å². The van der Waals surface area contributed by atoms with Gasteiger partial charge < -0.3 is 28.8 Å². The summed E-state index contributed by atoms with van der Waals surface area (Å²) in [6, 6.07) is -0.887. The zero-order chi connectivity index (χ0) is 52.0. The minimum absolute atomic E-state index is 0.000820. The molecule has 0 aromatic carbocycles. The first-order valence-corrected chi connectivity index (χ1v) is 31.6. The van der Waals surface area contributed by atoms with Crippen molar-refractivity contribution >= 4 is 13.7 Å². The third-order valence-electron chi connectivity index (χ3n) is 13.5. The minimum Gasteiger partial charge on any atom is -0.756 e. The number of aliphatic hydroxyl groups is 1. The molecule has 8 nitrogen and oxygen atoms in total. The number of carbonyl (C=O) groups is 1. The highest BCUT2D eigenvalue weighted by atomic mass is 31.2. The number of nitrogens with one attached hydrogen (secondary N) is 1. The van der Waals surface area contributed by atoms with Gasteiger partial charge in [0.2, 0.25) is 5.91 Å². The molecule has 0 bridgehead atoms. The number of hydrogen-bond donors (Lipinski definition) is 2. The van der Waals surface area contributed by atoms with Crippen LogP contribution in [-0.2, 0) is 18.4 Å². The zero-order valence-electron chi connectivity index (χ0n) is 47.4. The largest absolute Gasteiger partial charge is 0.756 e. The molecule has 0 saturated heterocycles. The molecule has 416 valence electrons. The summed E-state index contributed by atoms with van der Waals surface area (Å²) in [6.45, 7) is 4.56. The lowest BCUT2D eigenvalue weighted by atomic mass is 10.0. The Balaban J connectivity index is 4.10. The van der Waals surface area contributed by atoms with Crippen LogP contribution in [0.1, 0.15) is 277 Å².